The van der Waals surface area contributed by atoms with E-state index in [1.807, 2.05) is 49.4 Å². The summed E-state index contributed by atoms with van der Waals surface area (Å²) in [6.45, 7) is 2.53. The smallest absolute Gasteiger partial charge is 0.237 e. The SMILES string of the molecule is CCN(C(=O)CSc1nc(N)cc(N)n1)c1cccc2ccccc12. The molecule has 0 aliphatic heterocycles. The topological polar surface area (TPSA) is 98.1 Å². The third kappa shape index (κ3) is 3.83. The number of hydrogen-bond acceptors (Lipinski definition) is 6. The number of benzene rings is 2. The molecule has 25 heavy (non-hydrogen) atoms. The molecule has 0 spiro atoms. The maximum Gasteiger partial charge on any atom is 0.237 e. The van der Waals surface area contributed by atoms with Crippen molar-refractivity contribution >= 4 is 45.8 Å². The van der Waals surface area contributed by atoms with Gasteiger partial charge in [-0.25, -0.2) is 9.97 Å². The number of amides is 1. The van der Waals surface area contributed by atoms with E-state index in [1.165, 1.54) is 17.8 Å². The molecule has 0 unspecified atom stereocenters. The minimum Gasteiger partial charge on any atom is -0.383 e. The van der Waals surface area contributed by atoms with Crippen LogP contribution in [0.1, 0.15) is 6.92 Å². The van der Waals surface area contributed by atoms with E-state index >= 15 is 0 Å². The summed E-state index contributed by atoms with van der Waals surface area (Å²) >= 11 is 1.23. The molecule has 1 aromatic heterocycles. The first-order chi connectivity index (χ1) is 12.1. The van der Waals surface area contributed by atoms with E-state index in [9.17, 15) is 4.79 Å². The normalized spacial score (nSPS) is 10.8. The Labute approximate surface area is 150 Å². The number of carbonyl (C=O) groups excluding carboxylic acids is 1. The Bertz CT molecular complexity index is 889. The summed E-state index contributed by atoms with van der Waals surface area (Å²) in [5, 5.41) is 2.56. The Morgan fingerprint density at radius 3 is 2.48 bits per heavy atom. The zero-order valence-corrected chi connectivity index (χ0v) is 14.7. The summed E-state index contributed by atoms with van der Waals surface area (Å²) in [4.78, 5) is 22.7. The second-order valence-electron chi connectivity index (χ2n) is 5.43. The van der Waals surface area contributed by atoms with E-state index in [0.717, 1.165) is 16.5 Å². The van der Waals surface area contributed by atoms with Crippen LogP contribution in [0.5, 0.6) is 0 Å². The van der Waals surface area contributed by atoms with Crippen LogP contribution in [-0.2, 0) is 4.79 Å². The van der Waals surface area contributed by atoms with E-state index in [0.29, 0.717) is 23.3 Å². The molecule has 6 nitrogen and oxygen atoms in total. The predicted octanol–water partition coefficient (Wildman–Crippen LogP) is 2.94. The van der Waals surface area contributed by atoms with Gasteiger partial charge in [0.1, 0.15) is 11.6 Å². The quantitative estimate of drug-likeness (QED) is 0.540. The zero-order valence-electron chi connectivity index (χ0n) is 13.8. The van der Waals surface area contributed by atoms with E-state index in [4.69, 9.17) is 11.5 Å². The molecule has 4 N–H and O–H groups in total. The monoisotopic (exact) mass is 353 g/mol. The van der Waals surface area contributed by atoms with Crippen molar-refractivity contribution in [2.24, 2.45) is 0 Å². The highest BCUT2D eigenvalue weighted by Crippen LogP contribution is 2.27. The van der Waals surface area contributed by atoms with E-state index in [-0.39, 0.29) is 11.7 Å². The summed E-state index contributed by atoms with van der Waals surface area (Å²) in [6.07, 6.45) is 0. The van der Waals surface area contributed by atoms with Gasteiger partial charge in [-0.05, 0) is 18.4 Å². The van der Waals surface area contributed by atoms with Gasteiger partial charge in [0.15, 0.2) is 5.16 Å². The van der Waals surface area contributed by atoms with Crippen LogP contribution in [0.2, 0.25) is 0 Å². The summed E-state index contributed by atoms with van der Waals surface area (Å²) in [6, 6.07) is 15.5. The highest BCUT2D eigenvalue weighted by molar-refractivity contribution is 7.99. The molecule has 0 bridgehead atoms. The van der Waals surface area contributed by atoms with Gasteiger partial charge in [-0.1, -0.05) is 48.2 Å². The number of nitrogens with zero attached hydrogens (tertiary/aromatic N) is 3. The Morgan fingerprint density at radius 2 is 1.76 bits per heavy atom. The minimum absolute atomic E-state index is 0.0200. The number of aromatic nitrogens is 2. The molecule has 0 aliphatic rings. The van der Waals surface area contributed by atoms with Crippen molar-refractivity contribution in [3.05, 3.63) is 48.5 Å². The van der Waals surface area contributed by atoms with Gasteiger partial charge in [0.05, 0.1) is 11.4 Å². The average molecular weight is 353 g/mol. The molecule has 3 aromatic rings. The van der Waals surface area contributed by atoms with E-state index in [2.05, 4.69) is 9.97 Å². The fourth-order valence-electron chi connectivity index (χ4n) is 2.66. The lowest BCUT2D eigenvalue weighted by Gasteiger charge is -2.22. The fourth-order valence-corrected chi connectivity index (χ4v) is 3.40. The van der Waals surface area contributed by atoms with Crippen molar-refractivity contribution in [1.29, 1.82) is 0 Å². The van der Waals surface area contributed by atoms with Gasteiger partial charge < -0.3 is 16.4 Å². The second-order valence-corrected chi connectivity index (χ2v) is 6.37. The number of nitrogen functional groups attached to an aromatic ring is 2. The molecule has 2 aromatic carbocycles. The maximum atomic E-state index is 12.7. The first-order valence-electron chi connectivity index (χ1n) is 7.89. The van der Waals surface area contributed by atoms with Gasteiger partial charge in [-0.3, -0.25) is 4.79 Å². The molecule has 1 amide bonds. The third-order valence-electron chi connectivity index (χ3n) is 3.74. The molecule has 7 heteroatoms. The van der Waals surface area contributed by atoms with Gasteiger partial charge >= 0.3 is 0 Å². The van der Waals surface area contributed by atoms with Crippen molar-refractivity contribution in [2.45, 2.75) is 12.1 Å². The first-order valence-corrected chi connectivity index (χ1v) is 8.88. The van der Waals surface area contributed by atoms with Crippen molar-refractivity contribution in [3.8, 4) is 0 Å². The number of hydrogen-bond donors (Lipinski definition) is 2. The molecule has 3 rings (SSSR count). The molecular weight excluding hydrogens is 334 g/mol. The number of fused-ring (bicyclic) bond motifs is 1. The molecule has 0 saturated heterocycles. The molecule has 0 radical (unpaired) electrons. The zero-order chi connectivity index (χ0) is 17.8. The summed E-state index contributed by atoms with van der Waals surface area (Å²) in [5.74, 6) is 0.779. The van der Waals surface area contributed by atoms with Gasteiger partial charge in [-0.2, -0.15) is 0 Å². The highest BCUT2D eigenvalue weighted by atomic mass is 32.2. The molecule has 0 fully saturated rings. The summed E-state index contributed by atoms with van der Waals surface area (Å²) in [7, 11) is 0. The number of rotatable bonds is 5. The van der Waals surface area contributed by atoms with Gasteiger partial charge in [0, 0.05) is 18.0 Å². The fraction of sp³-hybridized carbons (Fsp3) is 0.167. The van der Waals surface area contributed by atoms with Gasteiger partial charge in [0.25, 0.3) is 0 Å². The second kappa shape index (κ2) is 7.40. The van der Waals surface area contributed by atoms with Crippen LogP contribution in [-0.4, -0.2) is 28.2 Å². The molecular formula is C18H19N5OS. The van der Waals surface area contributed by atoms with Crippen LogP contribution in [0, 0.1) is 0 Å². The lowest BCUT2D eigenvalue weighted by Crippen LogP contribution is -2.32. The lowest BCUT2D eigenvalue weighted by atomic mass is 10.1. The maximum absolute atomic E-state index is 12.7. The third-order valence-corrected chi connectivity index (χ3v) is 4.58. The van der Waals surface area contributed by atoms with Crippen LogP contribution < -0.4 is 16.4 Å². The standard InChI is InChI=1S/C18H19N5OS/c1-2-23(14-9-5-7-12-6-3-4-8-13(12)14)17(24)11-25-18-21-15(19)10-16(20)22-18/h3-10H,2,11H2,1H3,(H4,19,20,21,22). The largest absolute Gasteiger partial charge is 0.383 e. The van der Waals surface area contributed by atoms with Crippen LogP contribution in [0.3, 0.4) is 0 Å². The lowest BCUT2D eigenvalue weighted by molar-refractivity contribution is -0.116. The highest BCUT2D eigenvalue weighted by Gasteiger charge is 2.17. The van der Waals surface area contributed by atoms with Crippen molar-refractivity contribution in [3.63, 3.8) is 0 Å². The van der Waals surface area contributed by atoms with Crippen LogP contribution in [0.4, 0.5) is 17.3 Å². The minimum atomic E-state index is -0.0200. The number of thioether (sulfide) groups is 1. The average Bonchev–Trinajstić information content (AvgIpc) is 2.60. The van der Waals surface area contributed by atoms with Crippen molar-refractivity contribution < 1.29 is 4.79 Å². The Balaban J connectivity index is 1.81. The van der Waals surface area contributed by atoms with Crippen molar-refractivity contribution in [1.82, 2.24) is 9.97 Å². The van der Waals surface area contributed by atoms with Gasteiger partial charge in [-0.15, -0.1) is 0 Å². The number of carbonyl (C=O) groups is 1. The molecule has 0 aliphatic carbocycles. The molecule has 128 valence electrons. The van der Waals surface area contributed by atoms with Crippen LogP contribution in [0.25, 0.3) is 10.8 Å². The predicted molar refractivity (Wildman–Crippen MR) is 104 cm³/mol. The first kappa shape index (κ1) is 17.0. The Hall–Kier alpha value is -2.80. The molecule has 1 heterocycles. The molecule has 0 saturated carbocycles. The number of anilines is 3. The van der Waals surface area contributed by atoms with E-state index in [1.54, 1.807) is 4.90 Å². The summed E-state index contributed by atoms with van der Waals surface area (Å²) < 4.78 is 0. The van der Waals surface area contributed by atoms with E-state index < -0.39 is 0 Å². The van der Waals surface area contributed by atoms with Crippen molar-refractivity contribution in [2.75, 3.05) is 28.7 Å². The number of nitrogens with two attached hydrogens (primary N) is 2. The Morgan fingerprint density at radius 1 is 1.08 bits per heavy atom. The summed E-state index contributed by atoms with van der Waals surface area (Å²) in [5.41, 5.74) is 12.2. The van der Waals surface area contributed by atoms with Gasteiger partial charge in [0.2, 0.25) is 5.91 Å². The molecule has 0 atom stereocenters. The Kier molecular flexibility index (Phi) is 5.04. The van der Waals surface area contributed by atoms with Crippen LogP contribution in [0.15, 0.2) is 53.7 Å². The van der Waals surface area contributed by atoms with Crippen LogP contribution >= 0.6 is 11.8 Å².